The van der Waals surface area contributed by atoms with Gasteiger partial charge in [-0.15, -0.1) is 0 Å². The van der Waals surface area contributed by atoms with Gasteiger partial charge in [-0.1, -0.05) is 0 Å². The van der Waals surface area contributed by atoms with Crippen molar-refractivity contribution in [2.45, 2.75) is 32.5 Å². The lowest BCUT2D eigenvalue weighted by Crippen LogP contribution is -2.42. The number of carbonyl (C=O) groups excluding carboxylic acids is 2. The van der Waals surface area contributed by atoms with Crippen LogP contribution in [-0.2, 0) is 16.1 Å². The van der Waals surface area contributed by atoms with Gasteiger partial charge in [0.25, 0.3) is 0 Å². The Balaban J connectivity index is 1.80. The van der Waals surface area contributed by atoms with Gasteiger partial charge < -0.3 is 31.9 Å². The van der Waals surface area contributed by atoms with Crippen LogP contribution in [0.5, 0.6) is 5.75 Å². The molecule has 0 spiro atoms. The predicted octanol–water partition coefficient (Wildman–Crippen LogP) is -0.249. The molecule has 3 aromatic rings. The largest absolute Gasteiger partial charge is 0.425 e. The fourth-order valence-corrected chi connectivity index (χ4v) is 2.68. The molecule has 0 aliphatic rings. The zero-order chi connectivity index (χ0) is 22.7. The molecule has 12 heteroatoms. The molecule has 2 atom stereocenters. The van der Waals surface area contributed by atoms with Crippen LogP contribution in [0, 0.1) is 0 Å². The Hall–Kier alpha value is -3.90. The van der Waals surface area contributed by atoms with Crippen LogP contribution in [-0.4, -0.2) is 49.1 Å². The van der Waals surface area contributed by atoms with Gasteiger partial charge in [0, 0.05) is 12.6 Å². The summed E-state index contributed by atoms with van der Waals surface area (Å²) >= 11 is 0. The van der Waals surface area contributed by atoms with Gasteiger partial charge in [-0.2, -0.15) is 9.97 Å². The fraction of sp³-hybridized carbons (Fsp3) is 0.263. The number of hydrogen-bond acceptors (Lipinski definition) is 11. The highest BCUT2D eigenvalue weighted by Crippen LogP contribution is 2.22. The molecule has 31 heavy (non-hydrogen) atoms. The number of aliphatic hydroxyl groups is 1. The van der Waals surface area contributed by atoms with Gasteiger partial charge in [0.1, 0.15) is 11.8 Å². The summed E-state index contributed by atoms with van der Waals surface area (Å²) < 4.78 is 5.13. The summed E-state index contributed by atoms with van der Waals surface area (Å²) in [7, 11) is 0. The molecular weight excluding hydrogens is 404 g/mol. The van der Waals surface area contributed by atoms with E-state index in [0.29, 0.717) is 11.4 Å². The maximum absolute atomic E-state index is 12.2. The Morgan fingerprint density at radius 1 is 1.16 bits per heavy atom. The second kappa shape index (κ2) is 8.85. The van der Waals surface area contributed by atoms with Crippen molar-refractivity contribution in [1.29, 1.82) is 0 Å². The topological polar surface area (TPSA) is 196 Å². The van der Waals surface area contributed by atoms with Crippen molar-refractivity contribution in [1.82, 2.24) is 19.9 Å². The molecule has 2 heterocycles. The van der Waals surface area contributed by atoms with E-state index in [1.165, 1.54) is 37.1 Å². The van der Waals surface area contributed by atoms with Crippen LogP contribution in [0.15, 0.2) is 30.5 Å². The second-order valence-electron chi connectivity index (χ2n) is 6.79. The predicted molar refractivity (Wildman–Crippen MR) is 113 cm³/mol. The zero-order valence-electron chi connectivity index (χ0n) is 16.9. The van der Waals surface area contributed by atoms with Crippen molar-refractivity contribution in [2.75, 3.05) is 16.4 Å². The number of benzene rings is 1. The molecule has 1 aromatic carbocycles. The van der Waals surface area contributed by atoms with Gasteiger partial charge in [-0.05, 0) is 31.2 Å². The van der Waals surface area contributed by atoms with Gasteiger partial charge >= 0.3 is 5.97 Å². The average molecular weight is 426 g/mol. The Labute approximate surface area is 177 Å². The van der Waals surface area contributed by atoms with Gasteiger partial charge in [0.2, 0.25) is 11.9 Å². The van der Waals surface area contributed by atoms with Gasteiger partial charge in [0.05, 0.1) is 24.5 Å². The number of rotatable bonds is 6. The minimum Gasteiger partial charge on any atom is -0.425 e. The Morgan fingerprint density at radius 3 is 2.45 bits per heavy atom. The first-order chi connectivity index (χ1) is 14.7. The molecule has 1 amide bonds. The number of nitrogens with two attached hydrogens (primary N) is 3. The molecule has 2 unspecified atom stereocenters. The van der Waals surface area contributed by atoms with E-state index >= 15 is 0 Å². The van der Waals surface area contributed by atoms with Crippen LogP contribution in [0.3, 0.4) is 0 Å². The number of anilines is 3. The monoisotopic (exact) mass is 426 g/mol. The third-order valence-corrected chi connectivity index (χ3v) is 4.36. The van der Waals surface area contributed by atoms with Gasteiger partial charge in [0.15, 0.2) is 17.0 Å². The highest BCUT2D eigenvalue weighted by Gasteiger charge is 2.21. The van der Waals surface area contributed by atoms with E-state index in [9.17, 15) is 14.7 Å². The summed E-state index contributed by atoms with van der Waals surface area (Å²) in [5, 5.41) is 9.38. The number of carbonyl (C=O) groups is 2. The summed E-state index contributed by atoms with van der Waals surface area (Å²) in [6.07, 6.45) is 0.427. The molecular formula is C19H22N8O4. The number of hydrogen-bond donors (Lipinski definition) is 4. The van der Waals surface area contributed by atoms with Gasteiger partial charge in [-0.3, -0.25) is 4.79 Å². The van der Waals surface area contributed by atoms with Crippen molar-refractivity contribution < 1.29 is 19.4 Å². The maximum atomic E-state index is 12.2. The quantitative estimate of drug-likeness (QED) is 0.299. The van der Waals surface area contributed by atoms with E-state index in [-0.39, 0.29) is 41.1 Å². The highest BCUT2D eigenvalue weighted by atomic mass is 16.5. The van der Waals surface area contributed by atoms with Gasteiger partial charge in [-0.25, -0.2) is 14.8 Å². The number of aliphatic hydroxyl groups excluding tert-OH is 1. The molecule has 0 fully saturated rings. The minimum atomic E-state index is -1.16. The second-order valence-corrected chi connectivity index (χ2v) is 6.79. The molecule has 0 aliphatic carbocycles. The van der Waals surface area contributed by atoms with Crippen molar-refractivity contribution >= 4 is 40.5 Å². The lowest BCUT2D eigenvalue weighted by Gasteiger charge is -2.21. The molecule has 0 saturated carbocycles. The number of esters is 1. The Kier molecular flexibility index (Phi) is 6.22. The standard InChI is InChI=1S/C19H22N8O4/c1-9(28)14(20)18(30)31-13-5-3-12(4-6-13)27(10(2)29)8-11-7-23-17-15(24-11)16(21)25-19(22)26-17/h3-7,9,14,28H,8,20H2,1-2H3,(H4,21,22,23,25,26). The normalized spacial score (nSPS) is 12.9. The first-order valence-electron chi connectivity index (χ1n) is 9.24. The molecule has 3 rings (SSSR count). The maximum Gasteiger partial charge on any atom is 0.330 e. The number of nitrogens with zero attached hydrogens (tertiary/aromatic N) is 5. The summed E-state index contributed by atoms with van der Waals surface area (Å²) in [4.78, 5) is 42.0. The molecule has 0 bridgehead atoms. The number of amides is 1. The summed E-state index contributed by atoms with van der Waals surface area (Å²) in [5.41, 5.74) is 18.5. The van der Waals surface area contributed by atoms with Crippen molar-refractivity contribution in [2.24, 2.45) is 5.73 Å². The van der Waals surface area contributed by atoms with E-state index in [4.69, 9.17) is 21.9 Å². The third-order valence-electron chi connectivity index (χ3n) is 4.36. The van der Waals surface area contributed by atoms with Crippen LogP contribution in [0.4, 0.5) is 17.5 Å². The summed E-state index contributed by atoms with van der Waals surface area (Å²) in [6, 6.07) is 5.07. The smallest absolute Gasteiger partial charge is 0.330 e. The van der Waals surface area contributed by atoms with Crippen molar-refractivity contribution in [3.8, 4) is 5.75 Å². The zero-order valence-corrected chi connectivity index (χ0v) is 16.9. The fourth-order valence-electron chi connectivity index (χ4n) is 2.68. The van der Waals surface area contributed by atoms with Crippen LogP contribution < -0.4 is 26.8 Å². The first kappa shape index (κ1) is 21.8. The van der Waals surface area contributed by atoms with E-state index in [1.807, 2.05) is 0 Å². The van der Waals surface area contributed by atoms with Crippen LogP contribution in [0.2, 0.25) is 0 Å². The third kappa shape index (κ3) is 4.99. The number of aromatic nitrogens is 4. The van der Waals surface area contributed by atoms with E-state index in [1.54, 1.807) is 12.1 Å². The highest BCUT2D eigenvalue weighted by molar-refractivity contribution is 5.91. The molecule has 0 radical (unpaired) electrons. The summed E-state index contributed by atoms with van der Waals surface area (Å²) in [6.45, 7) is 2.90. The molecule has 0 aliphatic heterocycles. The van der Waals surface area contributed by atoms with E-state index in [2.05, 4.69) is 19.9 Å². The minimum absolute atomic E-state index is 0.00685. The summed E-state index contributed by atoms with van der Waals surface area (Å²) in [5.74, 6) is -0.705. The van der Waals surface area contributed by atoms with Crippen molar-refractivity contribution in [3.63, 3.8) is 0 Å². The first-order valence-corrected chi connectivity index (χ1v) is 9.24. The Morgan fingerprint density at radius 2 is 1.84 bits per heavy atom. The van der Waals surface area contributed by atoms with Crippen LogP contribution >= 0.6 is 0 Å². The van der Waals surface area contributed by atoms with Crippen LogP contribution in [0.25, 0.3) is 11.2 Å². The lowest BCUT2D eigenvalue weighted by atomic mass is 10.2. The number of fused-ring (bicyclic) bond motifs is 1. The van der Waals surface area contributed by atoms with E-state index < -0.39 is 18.1 Å². The Bertz CT molecular complexity index is 1120. The molecule has 0 saturated heterocycles. The SMILES string of the molecule is CC(=O)N(Cc1cnc2nc(N)nc(N)c2n1)c1ccc(OC(=O)C(N)C(C)O)cc1. The molecule has 2 aromatic heterocycles. The lowest BCUT2D eigenvalue weighted by molar-refractivity contribution is -0.138. The van der Waals surface area contributed by atoms with Crippen molar-refractivity contribution in [3.05, 3.63) is 36.2 Å². The molecule has 162 valence electrons. The average Bonchev–Trinajstić information content (AvgIpc) is 2.72. The molecule has 7 N–H and O–H groups in total. The molecule has 12 nitrogen and oxygen atoms in total. The number of ether oxygens (including phenoxy) is 1. The van der Waals surface area contributed by atoms with Crippen LogP contribution in [0.1, 0.15) is 19.5 Å². The number of nitrogen functional groups attached to an aromatic ring is 2. The van der Waals surface area contributed by atoms with E-state index in [0.717, 1.165) is 0 Å².